The molecule has 0 amide bonds. The van der Waals surface area contributed by atoms with Crippen molar-refractivity contribution in [2.75, 3.05) is 0 Å². The maximum absolute atomic E-state index is 12.8. The van der Waals surface area contributed by atoms with E-state index in [0.717, 1.165) is 5.56 Å². The molecule has 0 fully saturated rings. The van der Waals surface area contributed by atoms with Crippen molar-refractivity contribution in [1.29, 1.82) is 0 Å². The van der Waals surface area contributed by atoms with Gasteiger partial charge in [0.1, 0.15) is 20.6 Å². The molecule has 39 heavy (non-hydrogen) atoms. The van der Waals surface area contributed by atoms with Gasteiger partial charge in [0.25, 0.3) is 0 Å². The van der Waals surface area contributed by atoms with E-state index in [4.69, 9.17) is 0 Å². The fourth-order valence-corrected chi connectivity index (χ4v) is 6.77. The fraction of sp³-hybridized carbons (Fsp3) is 0.250. The summed E-state index contributed by atoms with van der Waals surface area (Å²) < 4.78 is 135. The molecule has 15 heteroatoms. The first-order valence-corrected chi connectivity index (χ1v) is 13.4. The number of hydrogen-bond donors (Lipinski definition) is 0. The summed E-state index contributed by atoms with van der Waals surface area (Å²) in [6.07, 6.45) is 1.06. The van der Waals surface area contributed by atoms with Crippen molar-refractivity contribution in [1.82, 2.24) is 0 Å². The normalized spacial score (nSPS) is 19.7. The molecule has 0 N–H and O–H groups in total. The first kappa shape index (κ1) is 30.6. The van der Waals surface area contributed by atoms with Crippen molar-refractivity contribution in [2.45, 2.75) is 40.0 Å². The van der Waals surface area contributed by atoms with Crippen molar-refractivity contribution < 1.29 is 57.3 Å². The minimum atomic E-state index is -7.43. The number of thiol groups is 1. The van der Waals surface area contributed by atoms with Gasteiger partial charge in [-0.2, -0.15) is 39.5 Å². The molecule has 4 nitrogen and oxygen atoms in total. The minimum absolute atomic E-state index is 0.0904. The predicted octanol–water partition coefficient (Wildman–Crippen LogP) is 5.83. The molecule has 0 spiro atoms. The maximum atomic E-state index is 12.8. The maximum Gasteiger partial charge on any atom is 0.460 e. The van der Waals surface area contributed by atoms with Gasteiger partial charge in [-0.25, -0.2) is 8.42 Å². The van der Waals surface area contributed by atoms with Crippen LogP contribution in [0.15, 0.2) is 82.6 Å². The second-order valence-corrected chi connectivity index (χ2v) is 11.9. The zero-order valence-electron chi connectivity index (χ0n) is 19.4. The third-order valence-electron chi connectivity index (χ3n) is 5.67. The Balaban J connectivity index is 0.000000225. The summed E-state index contributed by atoms with van der Waals surface area (Å²) in [6, 6.07) is 16.8. The molecular weight excluding hydrogens is 587 g/mol. The first-order chi connectivity index (χ1) is 17.8. The zero-order valence-corrected chi connectivity index (χ0v) is 21.1. The number of Topliss-reactive ketones (excluding diaryl/α,β-unsaturated/α-hetero) is 1. The van der Waals surface area contributed by atoms with E-state index in [9.17, 15) is 57.3 Å². The van der Waals surface area contributed by atoms with Crippen LogP contribution in [-0.2, 0) is 20.6 Å². The van der Waals surface area contributed by atoms with Crippen LogP contribution in [0.25, 0.3) is 0 Å². The van der Waals surface area contributed by atoms with Gasteiger partial charge in [0, 0.05) is 0 Å². The van der Waals surface area contributed by atoms with Crippen molar-refractivity contribution in [2.24, 2.45) is 5.92 Å². The largest absolute Gasteiger partial charge is 0.743 e. The highest BCUT2D eigenvalue weighted by molar-refractivity contribution is 7.97. The van der Waals surface area contributed by atoms with Gasteiger partial charge in [-0.1, -0.05) is 58.5 Å². The lowest BCUT2D eigenvalue weighted by molar-refractivity contribution is -0.382. The van der Waals surface area contributed by atoms with Crippen LogP contribution in [-0.4, -0.2) is 46.9 Å². The molecule has 0 saturated carbocycles. The molecule has 2 aromatic rings. The number of rotatable bonds is 4. The van der Waals surface area contributed by atoms with Gasteiger partial charge in [0.2, 0.25) is 0 Å². The van der Waals surface area contributed by atoms with E-state index in [0.29, 0.717) is 0 Å². The van der Waals surface area contributed by atoms with E-state index < -0.39 is 43.9 Å². The summed E-state index contributed by atoms with van der Waals surface area (Å²) in [5.41, 5.74) is 2.16. The van der Waals surface area contributed by atoms with E-state index in [1.54, 1.807) is 0 Å². The van der Waals surface area contributed by atoms with E-state index in [2.05, 4.69) is 49.4 Å². The fourth-order valence-electron chi connectivity index (χ4n) is 3.65. The number of allylic oxidation sites excluding steroid dienone is 4. The molecule has 2 aliphatic rings. The topological polar surface area (TPSA) is 74.3 Å². The van der Waals surface area contributed by atoms with Crippen molar-refractivity contribution in [3.8, 4) is 0 Å². The Labute approximate surface area is 218 Å². The Morgan fingerprint density at radius 1 is 0.821 bits per heavy atom. The monoisotopic (exact) mass is 604 g/mol. The number of carbonyl (C=O) groups is 1. The lowest BCUT2D eigenvalue weighted by atomic mass is 9.91. The Hall–Kier alpha value is -2.91. The van der Waals surface area contributed by atoms with Crippen LogP contribution >= 0.6 is 0 Å². The molecule has 2 aromatic carbocycles. The van der Waals surface area contributed by atoms with Gasteiger partial charge in [-0.05, 0) is 37.3 Å². The lowest BCUT2D eigenvalue weighted by Gasteiger charge is -2.34. The number of benzene rings is 2. The minimum Gasteiger partial charge on any atom is -0.743 e. The van der Waals surface area contributed by atoms with Gasteiger partial charge in [0.05, 0.1) is 5.56 Å². The van der Waals surface area contributed by atoms with E-state index in [-0.39, 0.29) is 11.7 Å². The van der Waals surface area contributed by atoms with Crippen molar-refractivity contribution in [3.05, 3.63) is 84.0 Å². The molecule has 0 saturated heterocycles. The van der Waals surface area contributed by atoms with E-state index in [1.165, 1.54) is 20.2 Å². The lowest BCUT2D eigenvalue weighted by Crippen LogP contribution is -2.63. The highest BCUT2D eigenvalue weighted by atomic mass is 32.2. The number of ketones is 1. The van der Waals surface area contributed by atoms with Gasteiger partial charge in [-0.3, -0.25) is 4.79 Å². The van der Waals surface area contributed by atoms with Crippen molar-refractivity contribution >= 4 is 31.3 Å². The average molecular weight is 605 g/mol. The molecule has 2 atom stereocenters. The Morgan fingerprint density at radius 3 is 1.92 bits per heavy atom. The SMILES string of the molecule is Cc1ccc([SH+]2=C3C=CC=CC3C(=O)c3ccccc32)cc1.O=S(=O)([O-])C(F)(F)C(F)(F)C(F)(F)C(F)(F)F. The van der Waals surface area contributed by atoms with Crippen LogP contribution in [0.4, 0.5) is 39.5 Å². The van der Waals surface area contributed by atoms with Crippen molar-refractivity contribution in [3.63, 3.8) is 0 Å². The molecule has 0 bridgehead atoms. The number of alkyl halides is 9. The Kier molecular flexibility index (Phi) is 8.05. The first-order valence-electron chi connectivity index (χ1n) is 10.6. The zero-order chi connectivity index (χ0) is 29.6. The third kappa shape index (κ3) is 5.31. The van der Waals surface area contributed by atoms with Gasteiger partial charge >= 0.3 is 23.3 Å². The molecule has 4 rings (SSSR count). The molecule has 212 valence electrons. The van der Waals surface area contributed by atoms with Gasteiger partial charge < -0.3 is 4.55 Å². The van der Waals surface area contributed by atoms with Gasteiger partial charge in [0.15, 0.2) is 15.9 Å². The Morgan fingerprint density at radius 2 is 1.38 bits per heavy atom. The number of hydrogen-bond acceptors (Lipinski definition) is 4. The van der Waals surface area contributed by atoms with Crippen LogP contribution in [0.5, 0.6) is 0 Å². The summed E-state index contributed by atoms with van der Waals surface area (Å²) >= 11 is 0. The number of carbonyl (C=O) groups excluding carboxylic acids is 1. The highest BCUT2D eigenvalue weighted by Gasteiger charge is 2.83. The summed E-state index contributed by atoms with van der Waals surface area (Å²) in [5.74, 6) is -14.7. The van der Waals surface area contributed by atoms with Crippen LogP contribution in [0.2, 0.25) is 0 Å². The van der Waals surface area contributed by atoms with Crippen LogP contribution in [0.3, 0.4) is 0 Å². The Bertz CT molecular complexity index is 1470. The van der Waals surface area contributed by atoms with E-state index in [1.807, 2.05) is 30.4 Å². The smallest absolute Gasteiger partial charge is 0.460 e. The molecular formula is C24H17F9O4S2. The molecule has 1 heterocycles. The second kappa shape index (κ2) is 10.2. The number of halogens is 9. The summed E-state index contributed by atoms with van der Waals surface area (Å²) in [5, 5.41) is -7.11. The molecule has 0 aromatic heterocycles. The number of aryl methyl sites for hydroxylation is 1. The molecule has 2 unspecified atom stereocenters. The van der Waals surface area contributed by atoms with Crippen LogP contribution in [0.1, 0.15) is 15.9 Å². The van der Waals surface area contributed by atoms with Gasteiger partial charge in [-0.15, -0.1) is 0 Å². The quantitative estimate of drug-likeness (QED) is 0.145. The summed E-state index contributed by atoms with van der Waals surface area (Å²) in [6.45, 7) is 2.11. The molecule has 1 aliphatic heterocycles. The summed E-state index contributed by atoms with van der Waals surface area (Å²) in [7, 11) is -8.04. The highest BCUT2D eigenvalue weighted by Crippen LogP contribution is 2.54. The third-order valence-corrected chi connectivity index (χ3v) is 9.19. The van der Waals surface area contributed by atoms with E-state index >= 15 is 0 Å². The average Bonchev–Trinajstić information content (AvgIpc) is 2.84. The summed E-state index contributed by atoms with van der Waals surface area (Å²) in [4.78, 5) is 16.6. The number of fused-ring (bicyclic) bond motifs is 2. The standard InChI is InChI=1S/C20H16OS.C4HF9O3S/c1-14-10-12-15(13-11-14)22-18-8-4-2-6-16(18)20(21)17-7-3-5-9-19(17)22;5-1(6,3(9,10)11)2(7,8)4(12,13)17(14,15)16/h2-13,16H,1H3;(H,14,15,16). The second-order valence-electron chi connectivity index (χ2n) is 8.32. The predicted molar refractivity (Wildman–Crippen MR) is 125 cm³/mol. The molecule has 0 radical (unpaired) electrons. The van der Waals surface area contributed by atoms with Crippen LogP contribution < -0.4 is 0 Å². The molecule has 1 aliphatic carbocycles. The van der Waals surface area contributed by atoms with Crippen LogP contribution in [0, 0.1) is 12.8 Å².